The molecule has 2 rings (SSSR count). The van der Waals surface area contributed by atoms with Gasteiger partial charge in [0.1, 0.15) is 5.15 Å². The van der Waals surface area contributed by atoms with E-state index in [0.717, 1.165) is 25.2 Å². The molecule has 1 fully saturated rings. The zero-order chi connectivity index (χ0) is 10.8. The van der Waals surface area contributed by atoms with Gasteiger partial charge in [-0.1, -0.05) is 23.2 Å². The van der Waals surface area contributed by atoms with Crippen molar-refractivity contribution in [3.8, 4) is 0 Å². The second-order valence-electron chi connectivity index (χ2n) is 3.73. The number of piperazine rings is 1. The molecule has 1 N–H and O–H groups in total. The number of halogens is 2. The minimum atomic E-state index is 0.288. The molecule has 1 aromatic rings. The van der Waals surface area contributed by atoms with E-state index in [9.17, 15) is 0 Å². The summed E-state index contributed by atoms with van der Waals surface area (Å²) in [4.78, 5) is 6.35. The lowest BCUT2D eigenvalue weighted by Crippen LogP contribution is -2.43. The molecular weight excluding hydrogens is 233 g/mol. The molecule has 1 aromatic heterocycles. The third-order valence-corrected chi connectivity index (χ3v) is 3.25. The molecule has 0 amide bonds. The number of nitrogens with one attached hydrogen (secondary N) is 1. The highest BCUT2D eigenvalue weighted by molar-refractivity contribution is 6.34. The Morgan fingerprint density at radius 3 is 3.00 bits per heavy atom. The van der Waals surface area contributed by atoms with Crippen LogP contribution in [0.4, 0.5) is 0 Å². The summed E-state index contributed by atoms with van der Waals surface area (Å²) in [6.45, 7) is 2.94. The summed E-state index contributed by atoms with van der Waals surface area (Å²) in [7, 11) is 2.09. The summed E-state index contributed by atoms with van der Waals surface area (Å²) in [5.41, 5.74) is 1.04. The van der Waals surface area contributed by atoms with Crippen molar-refractivity contribution in [2.24, 2.45) is 0 Å². The van der Waals surface area contributed by atoms with Crippen LogP contribution in [0.1, 0.15) is 11.6 Å². The number of nitrogens with zero attached hydrogens (tertiary/aromatic N) is 2. The van der Waals surface area contributed by atoms with E-state index in [-0.39, 0.29) is 6.04 Å². The lowest BCUT2D eigenvalue weighted by atomic mass is 10.1. The quantitative estimate of drug-likeness (QED) is 0.768. The van der Waals surface area contributed by atoms with E-state index in [1.54, 1.807) is 12.3 Å². The predicted molar refractivity (Wildman–Crippen MR) is 62.5 cm³/mol. The zero-order valence-electron chi connectivity index (χ0n) is 8.50. The third kappa shape index (κ3) is 2.42. The molecule has 15 heavy (non-hydrogen) atoms. The maximum Gasteiger partial charge on any atom is 0.130 e. The van der Waals surface area contributed by atoms with Crippen LogP contribution in [0.3, 0.4) is 0 Å². The molecule has 0 spiro atoms. The Balaban J connectivity index is 2.27. The lowest BCUT2D eigenvalue weighted by molar-refractivity contribution is 0.202. The van der Waals surface area contributed by atoms with Gasteiger partial charge in [-0.3, -0.25) is 4.90 Å². The first kappa shape index (κ1) is 11.1. The van der Waals surface area contributed by atoms with Gasteiger partial charge in [0.2, 0.25) is 0 Å². The van der Waals surface area contributed by atoms with Crippen molar-refractivity contribution in [3.63, 3.8) is 0 Å². The van der Waals surface area contributed by atoms with Crippen molar-refractivity contribution in [2.45, 2.75) is 6.04 Å². The van der Waals surface area contributed by atoms with Crippen LogP contribution in [0, 0.1) is 0 Å². The first-order valence-corrected chi connectivity index (χ1v) is 5.66. The normalized spacial score (nSPS) is 23.0. The molecule has 1 atom stereocenters. The Morgan fingerprint density at radius 1 is 1.53 bits per heavy atom. The van der Waals surface area contributed by atoms with Crippen LogP contribution >= 0.6 is 23.2 Å². The van der Waals surface area contributed by atoms with Crippen molar-refractivity contribution in [2.75, 3.05) is 26.7 Å². The highest BCUT2D eigenvalue weighted by atomic mass is 35.5. The monoisotopic (exact) mass is 245 g/mol. The van der Waals surface area contributed by atoms with E-state index in [2.05, 4.69) is 22.2 Å². The van der Waals surface area contributed by atoms with Crippen molar-refractivity contribution in [1.29, 1.82) is 0 Å². The molecule has 1 unspecified atom stereocenters. The maximum absolute atomic E-state index is 6.15. The molecule has 0 aliphatic carbocycles. The molecule has 0 radical (unpaired) electrons. The fourth-order valence-corrected chi connectivity index (χ4v) is 2.31. The molecular formula is C10H13Cl2N3. The topological polar surface area (TPSA) is 28.2 Å². The second kappa shape index (κ2) is 4.66. The number of aromatic nitrogens is 1. The van der Waals surface area contributed by atoms with Gasteiger partial charge in [-0.05, 0) is 13.1 Å². The van der Waals surface area contributed by atoms with Gasteiger partial charge in [0.15, 0.2) is 0 Å². The van der Waals surface area contributed by atoms with E-state index in [0.29, 0.717) is 10.2 Å². The molecule has 0 saturated carbocycles. The Morgan fingerprint density at radius 2 is 2.33 bits per heavy atom. The van der Waals surface area contributed by atoms with Crippen LogP contribution in [-0.2, 0) is 0 Å². The van der Waals surface area contributed by atoms with Crippen molar-refractivity contribution in [1.82, 2.24) is 15.2 Å². The number of hydrogen-bond donors (Lipinski definition) is 1. The summed E-state index contributed by atoms with van der Waals surface area (Å²) in [6.07, 6.45) is 1.76. The summed E-state index contributed by atoms with van der Waals surface area (Å²) < 4.78 is 0. The van der Waals surface area contributed by atoms with Crippen molar-refractivity contribution in [3.05, 3.63) is 28.0 Å². The van der Waals surface area contributed by atoms with E-state index in [1.807, 2.05) is 0 Å². The molecule has 5 heteroatoms. The van der Waals surface area contributed by atoms with Gasteiger partial charge < -0.3 is 5.32 Å². The molecule has 0 bridgehead atoms. The molecule has 3 nitrogen and oxygen atoms in total. The zero-order valence-corrected chi connectivity index (χ0v) is 10.0. The molecule has 1 aliphatic rings. The standard InChI is InChI=1S/C10H13Cl2N3/c1-15-3-2-13-6-9(15)7-5-14-10(12)4-8(7)11/h4-5,9,13H,2-3,6H2,1H3. The van der Waals surface area contributed by atoms with Crippen molar-refractivity contribution < 1.29 is 0 Å². The Hall–Kier alpha value is -0.350. The van der Waals surface area contributed by atoms with Gasteiger partial charge in [0, 0.05) is 42.5 Å². The van der Waals surface area contributed by atoms with E-state index in [4.69, 9.17) is 23.2 Å². The van der Waals surface area contributed by atoms with Gasteiger partial charge in [0.05, 0.1) is 0 Å². The van der Waals surface area contributed by atoms with E-state index >= 15 is 0 Å². The summed E-state index contributed by atoms with van der Waals surface area (Å²) in [5.74, 6) is 0. The fourth-order valence-electron chi connectivity index (χ4n) is 1.82. The number of rotatable bonds is 1. The van der Waals surface area contributed by atoms with Gasteiger partial charge in [-0.15, -0.1) is 0 Å². The molecule has 1 aliphatic heterocycles. The van der Waals surface area contributed by atoms with Gasteiger partial charge in [-0.25, -0.2) is 4.98 Å². The van der Waals surface area contributed by atoms with E-state index in [1.165, 1.54) is 0 Å². The molecule has 82 valence electrons. The minimum Gasteiger partial charge on any atom is -0.314 e. The van der Waals surface area contributed by atoms with Gasteiger partial charge in [-0.2, -0.15) is 0 Å². The average molecular weight is 246 g/mol. The number of likely N-dealkylation sites (N-methyl/N-ethyl adjacent to an activating group) is 1. The van der Waals surface area contributed by atoms with Gasteiger partial charge in [0.25, 0.3) is 0 Å². The minimum absolute atomic E-state index is 0.288. The highest BCUT2D eigenvalue weighted by Gasteiger charge is 2.22. The van der Waals surface area contributed by atoms with Crippen molar-refractivity contribution >= 4 is 23.2 Å². The van der Waals surface area contributed by atoms with Crippen LogP contribution in [0.5, 0.6) is 0 Å². The first-order valence-electron chi connectivity index (χ1n) is 4.90. The van der Waals surface area contributed by atoms with Crippen LogP contribution in [0.2, 0.25) is 10.2 Å². The Labute approximate surface area is 99.4 Å². The van der Waals surface area contributed by atoms with Crippen LogP contribution in [0.15, 0.2) is 12.3 Å². The summed E-state index contributed by atoms with van der Waals surface area (Å²) in [5, 5.41) is 4.47. The molecule has 0 aromatic carbocycles. The maximum atomic E-state index is 6.15. The van der Waals surface area contributed by atoms with Gasteiger partial charge >= 0.3 is 0 Å². The van der Waals surface area contributed by atoms with E-state index < -0.39 is 0 Å². The summed E-state index contributed by atoms with van der Waals surface area (Å²) >= 11 is 11.9. The Kier molecular flexibility index (Phi) is 3.46. The second-order valence-corrected chi connectivity index (χ2v) is 4.52. The number of pyridine rings is 1. The first-order chi connectivity index (χ1) is 7.18. The average Bonchev–Trinajstić information content (AvgIpc) is 2.20. The highest BCUT2D eigenvalue weighted by Crippen LogP contribution is 2.28. The molecule has 2 heterocycles. The van der Waals surface area contributed by atoms with Crippen LogP contribution in [-0.4, -0.2) is 36.6 Å². The molecule has 1 saturated heterocycles. The predicted octanol–water partition coefficient (Wildman–Crippen LogP) is 1.96. The third-order valence-electron chi connectivity index (χ3n) is 2.72. The van der Waals surface area contributed by atoms with Crippen LogP contribution in [0.25, 0.3) is 0 Å². The Bertz CT molecular complexity index is 357. The fraction of sp³-hybridized carbons (Fsp3) is 0.500. The smallest absolute Gasteiger partial charge is 0.130 e. The number of hydrogen-bond acceptors (Lipinski definition) is 3. The van der Waals surface area contributed by atoms with Crippen LogP contribution < -0.4 is 5.32 Å². The summed E-state index contributed by atoms with van der Waals surface area (Å²) in [6, 6.07) is 1.98. The lowest BCUT2D eigenvalue weighted by Gasteiger charge is -2.33. The largest absolute Gasteiger partial charge is 0.314 e. The SMILES string of the molecule is CN1CCNCC1c1cnc(Cl)cc1Cl.